The molecule has 0 saturated heterocycles. The predicted octanol–water partition coefficient (Wildman–Crippen LogP) is 2.17. The number of aliphatic hydroxyl groups excluding tert-OH is 1. The molecule has 0 heterocycles. The standard InChI is InChI=1S/C13H25NO/c1-9(8-15)14-12-10-6-4-5-7-11(10)13(12,2)3/h9-12,14-15H,4-8H2,1-3H3/t9?,10-,11+,12?/m1/s1. The Bertz CT molecular complexity index is 227. The van der Waals surface area contributed by atoms with Crippen molar-refractivity contribution in [2.45, 2.75) is 58.5 Å². The van der Waals surface area contributed by atoms with Gasteiger partial charge in [0.2, 0.25) is 0 Å². The van der Waals surface area contributed by atoms with Crippen molar-refractivity contribution in [1.29, 1.82) is 0 Å². The molecule has 88 valence electrons. The predicted molar refractivity (Wildman–Crippen MR) is 62.7 cm³/mol. The van der Waals surface area contributed by atoms with Crippen LogP contribution in [0.4, 0.5) is 0 Å². The average molecular weight is 211 g/mol. The van der Waals surface area contributed by atoms with E-state index >= 15 is 0 Å². The quantitative estimate of drug-likeness (QED) is 0.750. The highest BCUT2D eigenvalue weighted by Gasteiger charge is 2.56. The highest BCUT2D eigenvalue weighted by molar-refractivity contribution is 5.09. The van der Waals surface area contributed by atoms with E-state index in [9.17, 15) is 0 Å². The molecule has 2 aliphatic carbocycles. The lowest BCUT2D eigenvalue weighted by Gasteiger charge is -2.61. The summed E-state index contributed by atoms with van der Waals surface area (Å²) >= 11 is 0. The SMILES string of the molecule is CC(CO)NC1[C@@H]2CCCC[C@@H]2C1(C)C. The van der Waals surface area contributed by atoms with E-state index < -0.39 is 0 Å². The van der Waals surface area contributed by atoms with E-state index in [1.165, 1.54) is 25.7 Å². The lowest BCUT2D eigenvalue weighted by Crippen LogP contribution is -2.66. The third-order valence-corrected chi connectivity index (χ3v) is 4.74. The Balaban J connectivity index is 1.99. The van der Waals surface area contributed by atoms with E-state index in [1.54, 1.807) is 0 Å². The first-order valence-corrected chi connectivity index (χ1v) is 6.44. The van der Waals surface area contributed by atoms with Crippen LogP contribution < -0.4 is 5.32 Å². The van der Waals surface area contributed by atoms with Crippen LogP contribution in [-0.4, -0.2) is 23.8 Å². The second-order valence-corrected chi connectivity index (χ2v) is 6.10. The second-order valence-electron chi connectivity index (χ2n) is 6.10. The lowest BCUT2D eigenvalue weighted by molar-refractivity contribution is -0.0927. The maximum absolute atomic E-state index is 9.11. The highest BCUT2D eigenvalue weighted by Crippen LogP contribution is 2.57. The number of rotatable bonds is 3. The van der Waals surface area contributed by atoms with Crippen molar-refractivity contribution >= 4 is 0 Å². The van der Waals surface area contributed by atoms with Gasteiger partial charge in [-0.2, -0.15) is 0 Å². The summed E-state index contributed by atoms with van der Waals surface area (Å²) in [6.45, 7) is 7.11. The first kappa shape index (κ1) is 11.4. The Morgan fingerprint density at radius 1 is 1.33 bits per heavy atom. The Hall–Kier alpha value is -0.0800. The van der Waals surface area contributed by atoms with Gasteiger partial charge < -0.3 is 10.4 Å². The molecular weight excluding hydrogens is 186 g/mol. The monoisotopic (exact) mass is 211 g/mol. The Morgan fingerprint density at radius 2 is 2.00 bits per heavy atom. The van der Waals surface area contributed by atoms with Crippen LogP contribution >= 0.6 is 0 Å². The van der Waals surface area contributed by atoms with Crippen LogP contribution in [0.3, 0.4) is 0 Å². The maximum atomic E-state index is 9.11. The zero-order valence-electron chi connectivity index (χ0n) is 10.3. The molecule has 2 heteroatoms. The van der Waals surface area contributed by atoms with Gasteiger partial charge in [-0.3, -0.25) is 0 Å². The van der Waals surface area contributed by atoms with Crippen molar-refractivity contribution in [2.75, 3.05) is 6.61 Å². The molecule has 2 saturated carbocycles. The van der Waals surface area contributed by atoms with Crippen LogP contribution in [0, 0.1) is 17.3 Å². The zero-order chi connectivity index (χ0) is 11.1. The van der Waals surface area contributed by atoms with E-state index in [1.807, 2.05) is 0 Å². The fourth-order valence-electron chi connectivity index (χ4n) is 3.84. The molecule has 0 radical (unpaired) electrons. The van der Waals surface area contributed by atoms with Gasteiger partial charge in [0, 0.05) is 12.1 Å². The molecule has 0 aromatic carbocycles. The van der Waals surface area contributed by atoms with Gasteiger partial charge in [-0.1, -0.05) is 26.7 Å². The fraction of sp³-hybridized carbons (Fsp3) is 1.00. The van der Waals surface area contributed by atoms with E-state index in [-0.39, 0.29) is 12.6 Å². The third kappa shape index (κ3) is 1.83. The van der Waals surface area contributed by atoms with Crippen LogP contribution in [0.5, 0.6) is 0 Å². The van der Waals surface area contributed by atoms with Gasteiger partial charge in [0.05, 0.1) is 6.61 Å². The summed E-state index contributed by atoms with van der Waals surface area (Å²) < 4.78 is 0. The van der Waals surface area contributed by atoms with Crippen LogP contribution in [0.15, 0.2) is 0 Å². The third-order valence-electron chi connectivity index (χ3n) is 4.74. The topological polar surface area (TPSA) is 32.3 Å². The molecule has 2 nitrogen and oxygen atoms in total. The van der Waals surface area contributed by atoms with Crippen LogP contribution in [-0.2, 0) is 0 Å². The summed E-state index contributed by atoms with van der Waals surface area (Å²) in [7, 11) is 0. The summed E-state index contributed by atoms with van der Waals surface area (Å²) in [4.78, 5) is 0. The van der Waals surface area contributed by atoms with Crippen molar-refractivity contribution in [3.05, 3.63) is 0 Å². The summed E-state index contributed by atoms with van der Waals surface area (Å²) in [5.74, 6) is 1.80. The largest absolute Gasteiger partial charge is 0.395 e. The van der Waals surface area contributed by atoms with Gasteiger partial charge in [0.15, 0.2) is 0 Å². The molecule has 4 atom stereocenters. The average Bonchev–Trinajstić information content (AvgIpc) is 2.25. The van der Waals surface area contributed by atoms with Crippen molar-refractivity contribution in [1.82, 2.24) is 5.32 Å². The highest BCUT2D eigenvalue weighted by atomic mass is 16.3. The van der Waals surface area contributed by atoms with Gasteiger partial charge in [0.1, 0.15) is 0 Å². The van der Waals surface area contributed by atoms with Gasteiger partial charge >= 0.3 is 0 Å². The first-order valence-electron chi connectivity index (χ1n) is 6.44. The Kier molecular flexibility index (Phi) is 3.09. The molecule has 2 aliphatic rings. The molecule has 0 aliphatic heterocycles. The molecule has 2 fully saturated rings. The number of hydrogen-bond acceptors (Lipinski definition) is 2. The molecule has 2 rings (SSSR count). The molecule has 0 aromatic heterocycles. The Labute approximate surface area is 93.5 Å². The van der Waals surface area contributed by atoms with E-state index in [2.05, 4.69) is 26.1 Å². The molecule has 0 spiro atoms. The molecule has 0 aromatic rings. The van der Waals surface area contributed by atoms with Crippen molar-refractivity contribution in [3.63, 3.8) is 0 Å². The normalized spacial score (nSPS) is 40.4. The Morgan fingerprint density at radius 3 is 2.67 bits per heavy atom. The number of aliphatic hydroxyl groups is 1. The van der Waals surface area contributed by atoms with Crippen LogP contribution in [0.1, 0.15) is 46.5 Å². The van der Waals surface area contributed by atoms with Crippen molar-refractivity contribution in [2.24, 2.45) is 17.3 Å². The fourth-order valence-corrected chi connectivity index (χ4v) is 3.84. The number of nitrogens with one attached hydrogen (secondary N) is 1. The van der Waals surface area contributed by atoms with Gasteiger partial charge in [-0.15, -0.1) is 0 Å². The van der Waals surface area contributed by atoms with Gasteiger partial charge in [-0.25, -0.2) is 0 Å². The zero-order valence-corrected chi connectivity index (χ0v) is 10.3. The van der Waals surface area contributed by atoms with E-state index in [0.717, 1.165) is 11.8 Å². The summed E-state index contributed by atoms with van der Waals surface area (Å²) in [6, 6.07) is 0.877. The van der Waals surface area contributed by atoms with Crippen molar-refractivity contribution < 1.29 is 5.11 Å². The molecular formula is C13H25NO. The summed E-state index contributed by atoms with van der Waals surface area (Å²) in [6.07, 6.45) is 5.64. The number of hydrogen-bond donors (Lipinski definition) is 2. The maximum Gasteiger partial charge on any atom is 0.0582 e. The smallest absolute Gasteiger partial charge is 0.0582 e. The molecule has 0 bridgehead atoms. The number of fused-ring (bicyclic) bond motifs is 1. The van der Waals surface area contributed by atoms with Gasteiger partial charge in [0.25, 0.3) is 0 Å². The first-order chi connectivity index (χ1) is 7.07. The lowest BCUT2D eigenvalue weighted by atomic mass is 9.47. The molecule has 2 unspecified atom stereocenters. The van der Waals surface area contributed by atoms with E-state index in [4.69, 9.17) is 5.11 Å². The van der Waals surface area contributed by atoms with E-state index in [0.29, 0.717) is 11.5 Å². The minimum absolute atomic E-state index is 0.247. The molecule has 2 N–H and O–H groups in total. The van der Waals surface area contributed by atoms with Crippen molar-refractivity contribution in [3.8, 4) is 0 Å². The summed E-state index contributed by atoms with van der Waals surface area (Å²) in [5.41, 5.74) is 0.439. The van der Waals surface area contributed by atoms with Crippen LogP contribution in [0.25, 0.3) is 0 Å². The molecule has 0 amide bonds. The second kappa shape index (κ2) is 4.06. The molecule has 15 heavy (non-hydrogen) atoms. The minimum atomic E-state index is 0.247. The van der Waals surface area contributed by atoms with Gasteiger partial charge in [-0.05, 0) is 37.0 Å². The summed E-state index contributed by atoms with van der Waals surface area (Å²) in [5, 5.41) is 12.7. The minimum Gasteiger partial charge on any atom is -0.395 e. The van der Waals surface area contributed by atoms with Crippen LogP contribution in [0.2, 0.25) is 0 Å².